The number of amides is 1. The number of rotatable bonds is 8. The highest BCUT2D eigenvalue weighted by Gasteiger charge is 2.29. The average molecular weight is 500 g/mol. The van der Waals surface area contributed by atoms with E-state index in [1.807, 2.05) is 18.2 Å². The van der Waals surface area contributed by atoms with E-state index in [2.05, 4.69) is 16.3 Å². The summed E-state index contributed by atoms with van der Waals surface area (Å²) < 4.78 is 31.3. The van der Waals surface area contributed by atoms with Crippen molar-refractivity contribution in [2.75, 3.05) is 36.9 Å². The van der Waals surface area contributed by atoms with Crippen molar-refractivity contribution >= 4 is 44.8 Å². The van der Waals surface area contributed by atoms with Crippen molar-refractivity contribution in [3.05, 3.63) is 63.6 Å². The molecule has 0 saturated carbocycles. The predicted molar refractivity (Wildman–Crippen MR) is 128 cm³/mol. The third kappa shape index (κ3) is 6.59. The number of nitrogens with zero attached hydrogens (tertiary/aromatic N) is 2. The van der Waals surface area contributed by atoms with Crippen molar-refractivity contribution < 1.29 is 17.9 Å². The summed E-state index contributed by atoms with van der Waals surface area (Å²) in [6.45, 7) is 5.92. The smallest absolute Gasteiger partial charge is 0.243 e. The van der Waals surface area contributed by atoms with E-state index < -0.39 is 22.0 Å². The summed E-state index contributed by atoms with van der Waals surface area (Å²) in [5.41, 5.74) is 2.37. The highest BCUT2D eigenvalue weighted by Crippen LogP contribution is 2.29. The molecule has 0 bridgehead atoms. The van der Waals surface area contributed by atoms with Gasteiger partial charge >= 0.3 is 0 Å². The van der Waals surface area contributed by atoms with E-state index >= 15 is 0 Å². The van der Waals surface area contributed by atoms with E-state index in [0.717, 1.165) is 54.5 Å². The topological polar surface area (TPSA) is 79.0 Å². The van der Waals surface area contributed by atoms with Crippen LogP contribution in [0.4, 0.5) is 5.69 Å². The van der Waals surface area contributed by atoms with Gasteiger partial charge in [-0.1, -0.05) is 47.5 Å². The molecule has 1 N–H and O–H groups in total. The number of morpholine rings is 1. The fourth-order valence-electron chi connectivity index (χ4n) is 3.62. The van der Waals surface area contributed by atoms with Gasteiger partial charge in [-0.15, -0.1) is 0 Å². The minimum absolute atomic E-state index is 0.211. The van der Waals surface area contributed by atoms with Crippen LogP contribution in [0.5, 0.6) is 0 Å². The fourth-order valence-corrected chi connectivity index (χ4v) is 5.08. The molecule has 1 heterocycles. The Kier molecular flexibility index (Phi) is 8.41. The minimum atomic E-state index is -3.74. The normalized spacial score (nSPS) is 15.9. The van der Waals surface area contributed by atoms with Crippen LogP contribution in [0.15, 0.2) is 42.5 Å². The molecule has 174 valence electrons. The van der Waals surface area contributed by atoms with Gasteiger partial charge < -0.3 is 10.1 Å². The number of benzene rings is 2. The number of sulfonamides is 1. The summed E-state index contributed by atoms with van der Waals surface area (Å²) in [7, 11) is -3.74. The standard InChI is InChI=1S/C22H27Cl2N3O4S/c1-16(27(32(2,29)30)19-6-7-20(23)21(24)13-19)22(28)25-14-17-4-3-5-18(12-17)15-26-8-10-31-11-9-26/h3-7,12-13,16H,8-11,14-15H2,1-2H3,(H,25,28)/t16-/m1/s1. The Morgan fingerprint density at radius 1 is 1.12 bits per heavy atom. The minimum Gasteiger partial charge on any atom is -0.379 e. The number of ether oxygens (including phenoxy) is 1. The molecule has 7 nitrogen and oxygen atoms in total. The number of halogens is 2. The molecule has 1 aliphatic heterocycles. The quantitative estimate of drug-likeness (QED) is 0.602. The van der Waals surface area contributed by atoms with Crippen LogP contribution in [0.25, 0.3) is 0 Å². The monoisotopic (exact) mass is 499 g/mol. The van der Waals surface area contributed by atoms with Crippen molar-refractivity contribution in [3.8, 4) is 0 Å². The zero-order chi connectivity index (χ0) is 23.3. The van der Waals surface area contributed by atoms with Crippen LogP contribution in [-0.2, 0) is 32.6 Å². The number of hydrogen-bond acceptors (Lipinski definition) is 5. The lowest BCUT2D eigenvalue weighted by Crippen LogP contribution is -2.47. The van der Waals surface area contributed by atoms with Crippen molar-refractivity contribution in [1.82, 2.24) is 10.2 Å². The first-order valence-electron chi connectivity index (χ1n) is 10.3. The maximum atomic E-state index is 12.8. The highest BCUT2D eigenvalue weighted by molar-refractivity contribution is 7.92. The highest BCUT2D eigenvalue weighted by atomic mass is 35.5. The third-order valence-corrected chi connectivity index (χ3v) is 7.19. The Bertz CT molecular complexity index is 1060. The van der Waals surface area contributed by atoms with Crippen LogP contribution in [0.3, 0.4) is 0 Å². The third-order valence-electron chi connectivity index (χ3n) is 5.21. The predicted octanol–water partition coefficient (Wildman–Crippen LogP) is 3.30. The second-order valence-corrected chi connectivity index (χ2v) is 10.4. The summed E-state index contributed by atoms with van der Waals surface area (Å²) in [6, 6.07) is 11.5. The first kappa shape index (κ1) is 24.8. The van der Waals surface area contributed by atoms with E-state index in [1.54, 1.807) is 0 Å². The van der Waals surface area contributed by atoms with E-state index in [0.29, 0.717) is 11.6 Å². The molecular formula is C22H27Cl2N3O4S. The zero-order valence-corrected chi connectivity index (χ0v) is 20.4. The second-order valence-electron chi connectivity index (χ2n) is 7.76. The van der Waals surface area contributed by atoms with Gasteiger partial charge in [0.1, 0.15) is 6.04 Å². The van der Waals surface area contributed by atoms with Gasteiger partial charge in [-0.05, 0) is 36.2 Å². The van der Waals surface area contributed by atoms with Gasteiger partial charge in [0.05, 0.1) is 35.2 Å². The first-order chi connectivity index (χ1) is 15.1. The summed E-state index contributed by atoms with van der Waals surface area (Å²) in [6.07, 6.45) is 1.05. The first-order valence-corrected chi connectivity index (χ1v) is 12.9. The Labute approximate surface area is 199 Å². The molecule has 1 atom stereocenters. The Hall–Kier alpha value is -1.84. The largest absolute Gasteiger partial charge is 0.379 e. The molecule has 2 aromatic rings. The SMILES string of the molecule is C[C@H](C(=O)NCc1cccc(CN2CCOCC2)c1)N(c1ccc(Cl)c(Cl)c1)S(C)(=O)=O. The zero-order valence-electron chi connectivity index (χ0n) is 18.1. The van der Waals surface area contributed by atoms with Crippen LogP contribution in [0.2, 0.25) is 10.0 Å². The average Bonchev–Trinajstić information content (AvgIpc) is 2.74. The molecule has 1 saturated heterocycles. The van der Waals surface area contributed by atoms with Crippen LogP contribution < -0.4 is 9.62 Å². The number of carbonyl (C=O) groups excluding carboxylic acids is 1. The number of nitrogens with one attached hydrogen (secondary N) is 1. The molecule has 1 aliphatic rings. The summed E-state index contributed by atoms with van der Waals surface area (Å²) in [4.78, 5) is 15.2. The molecule has 3 rings (SSSR count). The molecule has 10 heteroatoms. The molecule has 0 spiro atoms. The number of hydrogen-bond donors (Lipinski definition) is 1. The van der Waals surface area contributed by atoms with E-state index in [1.165, 1.54) is 25.1 Å². The molecule has 1 amide bonds. The maximum absolute atomic E-state index is 12.8. The second kappa shape index (κ2) is 10.9. The molecule has 32 heavy (non-hydrogen) atoms. The Morgan fingerprint density at radius 3 is 2.47 bits per heavy atom. The Morgan fingerprint density at radius 2 is 1.81 bits per heavy atom. The molecule has 0 radical (unpaired) electrons. The van der Waals surface area contributed by atoms with Gasteiger partial charge in [-0.25, -0.2) is 8.42 Å². The maximum Gasteiger partial charge on any atom is 0.243 e. The van der Waals surface area contributed by atoms with E-state index in [-0.39, 0.29) is 10.7 Å². The fraction of sp³-hybridized carbons (Fsp3) is 0.409. The van der Waals surface area contributed by atoms with Crippen LogP contribution >= 0.6 is 23.2 Å². The lowest BCUT2D eigenvalue weighted by Gasteiger charge is -2.28. The van der Waals surface area contributed by atoms with E-state index in [4.69, 9.17) is 27.9 Å². The van der Waals surface area contributed by atoms with Crippen LogP contribution in [0.1, 0.15) is 18.1 Å². The van der Waals surface area contributed by atoms with Crippen LogP contribution in [0, 0.1) is 0 Å². The van der Waals surface area contributed by atoms with E-state index in [9.17, 15) is 13.2 Å². The van der Waals surface area contributed by atoms with Gasteiger partial charge in [0.25, 0.3) is 0 Å². The van der Waals surface area contributed by atoms with Gasteiger partial charge in [0, 0.05) is 26.2 Å². The molecule has 0 aliphatic carbocycles. The molecule has 1 fully saturated rings. The molecule has 2 aromatic carbocycles. The van der Waals surface area contributed by atoms with Gasteiger partial charge in [0.2, 0.25) is 15.9 Å². The van der Waals surface area contributed by atoms with Gasteiger partial charge in [0.15, 0.2) is 0 Å². The van der Waals surface area contributed by atoms with Crippen molar-refractivity contribution in [2.45, 2.75) is 26.1 Å². The molecular weight excluding hydrogens is 473 g/mol. The Balaban J connectivity index is 1.67. The van der Waals surface area contributed by atoms with Gasteiger partial charge in [-0.2, -0.15) is 0 Å². The summed E-state index contributed by atoms with van der Waals surface area (Å²) >= 11 is 12.0. The van der Waals surface area contributed by atoms with Crippen molar-refractivity contribution in [2.24, 2.45) is 0 Å². The molecule has 0 unspecified atom stereocenters. The number of anilines is 1. The lowest BCUT2D eigenvalue weighted by molar-refractivity contribution is -0.122. The van der Waals surface area contributed by atoms with Gasteiger partial charge in [-0.3, -0.25) is 14.0 Å². The molecule has 0 aromatic heterocycles. The number of carbonyl (C=O) groups is 1. The summed E-state index contributed by atoms with van der Waals surface area (Å²) in [5, 5.41) is 3.35. The van der Waals surface area contributed by atoms with Crippen molar-refractivity contribution in [1.29, 1.82) is 0 Å². The lowest BCUT2D eigenvalue weighted by atomic mass is 10.1. The van der Waals surface area contributed by atoms with Crippen molar-refractivity contribution in [3.63, 3.8) is 0 Å². The van der Waals surface area contributed by atoms with Crippen LogP contribution in [-0.4, -0.2) is 57.8 Å². The summed E-state index contributed by atoms with van der Waals surface area (Å²) in [5.74, 6) is -0.417.